The van der Waals surface area contributed by atoms with Gasteiger partial charge in [-0.05, 0) is 33.1 Å². The zero-order valence-electron chi connectivity index (χ0n) is 16.8. The second-order valence-electron chi connectivity index (χ2n) is 8.00. The number of likely N-dealkylation sites (tertiary alicyclic amines) is 1. The molecule has 26 heavy (non-hydrogen) atoms. The van der Waals surface area contributed by atoms with Gasteiger partial charge in [-0.1, -0.05) is 19.3 Å². The third-order valence-electron chi connectivity index (χ3n) is 5.09. The molecule has 1 unspecified atom stereocenters. The van der Waals surface area contributed by atoms with E-state index in [9.17, 15) is 9.59 Å². The Kier molecular flexibility index (Phi) is 7.72. The van der Waals surface area contributed by atoms with Crippen molar-refractivity contribution in [3.8, 4) is 0 Å². The number of likely N-dealkylation sites (N-methyl/N-ethyl adjacent to an activating group) is 1. The number of aliphatic imine (C=N–C) groups is 1. The van der Waals surface area contributed by atoms with Crippen LogP contribution in [0.25, 0.3) is 0 Å². The molecule has 1 aliphatic carbocycles. The van der Waals surface area contributed by atoms with Gasteiger partial charge in [0.05, 0.1) is 0 Å². The maximum atomic E-state index is 12.7. The summed E-state index contributed by atoms with van der Waals surface area (Å²) in [6.45, 7) is 5.72. The Morgan fingerprint density at radius 3 is 2.46 bits per heavy atom. The Morgan fingerprint density at radius 1 is 1.15 bits per heavy atom. The molecule has 1 atom stereocenters. The minimum absolute atomic E-state index is 0.0321. The highest BCUT2D eigenvalue weighted by Gasteiger charge is 2.31. The van der Waals surface area contributed by atoms with Gasteiger partial charge in [0, 0.05) is 45.2 Å². The fourth-order valence-electron chi connectivity index (χ4n) is 3.57. The van der Waals surface area contributed by atoms with Crippen LogP contribution in [0.1, 0.15) is 52.4 Å². The molecule has 0 spiro atoms. The highest BCUT2D eigenvalue weighted by atomic mass is 16.2. The highest BCUT2D eigenvalue weighted by Crippen LogP contribution is 2.26. The molecule has 2 rings (SSSR count). The lowest BCUT2D eigenvalue weighted by atomic mass is 9.88. The predicted molar refractivity (Wildman–Crippen MR) is 104 cm³/mol. The molecule has 7 heteroatoms. The van der Waals surface area contributed by atoms with Crippen LogP contribution in [-0.4, -0.2) is 73.4 Å². The second-order valence-corrected chi connectivity index (χ2v) is 8.00. The van der Waals surface area contributed by atoms with Crippen LogP contribution in [0.15, 0.2) is 4.99 Å². The van der Waals surface area contributed by atoms with Gasteiger partial charge in [0.25, 0.3) is 0 Å². The quantitative estimate of drug-likeness (QED) is 0.567. The lowest BCUT2D eigenvalue weighted by Gasteiger charge is -2.26. The van der Waals surface area contributed by atoms with Crippen molar-refractivity contribution in [2.75, 3.05) is 33.7 Å². The van der Waals surface area contributed by atoms with Gasteiger partial charge in [0.1, 0.15) is 6.54 Å². The largest absolute Gasteiger partial charge is 0.354 e. The summed E-state index contributed by atoms with van der Waals surface area (Å²) < 4.78 is 0. The fourth-order valence-corrected chi connectivity index (χ4v) is 3.57. The molecule has 0 aromatic carbocycles. The van der Waals surface area contributed by atoms with E-state index < -0.39 is 0 Å². The predicted octanol–water partition coefficient (Wildman–Crippen LogP) is 1.20. The highest BCUT2D eigenvalue weighted by molar-refractivity contribution is 5.85. The van der Waals surface area contributed by atoms with Crippen molar-refractivity contribution in [2.45, 2.75) is 64.5 Å². The molecular formula is C19H35N5O2. The number of guanidine groups is 1. The third kappa shape index (κ3) is 6.18. The average molecular weight is 366 g/mol. The molecule has 0 bridgehead atoms. The van der Waals surface area contributed by atoms with Crippen LogP contribution in [0.2, 0.25) is 0 Å². The summed E-state index contributed by atoms with van der Waals surface area (Å²) in [7, 11) is 3.46. The summed E-state index contributed by atoms with van der Waals surface area (Å²) >= 11 is 0. The molecule has 1 aliphatic heterocycles. The van der Waals surface area contributed by atoms with Crippen LogP contribution in [0.5, 0.6) is 0 Å². The van der Waals surface area contributed by atoms with E-state index in [0.29, 0.717) is 11.9 Å². The molecular weight excluding hydrogens is 330 g/mol. The summed E-state index contributed by atoms with van der Waals surface area (Å²) in [6, 6.07) is 0.402. The Labute approximate surface area is 157 Å². The van der Waals surface area contributed by atoms with Crippen LogP contribution in [0.3, 0.4) is 0 Å². The first-order valence-corrected chi connectivity index (χ1v) is 9.93. The van der Waals surface area contributed by atoms with Crippen molar-refractivity contribution in [2.24, 2.45) is 10.9 Å². The van der Waals surface area contributed by atoms with Gasteiger partial charge in [0.15, 0.2) is 5.96 Å². The van der Waals surface area contributed by atoms with Crippen molar-refractivity contribution in [3.63, 3.8) is 0 Å². The summed E-state index contributed by atoms with van der Waals surface area (Å²) in [6.07, 6.45) is 6.63. The van der Waals surface area contributed by atoms with Crippen molar-refractivity contribution in [3.05, 3.63) is 0 Å². The lowest BCUT2D eigenvalue weighted by Crippen LogP contribution is -2.48. The molecule has 148 valence electrons. The topological polar surface area (TPSA) is 77.0 Å². The Balaban J connectivity index is 1.89. The smallest absolute Gasteiger partial charge is 0.243 e. The number of rotatable bonds is 5. The maximum absolute atomic E-state index is 12.7. The van der Waals surface area contributed by atoms with E-state index in [4.69, 9.17) is 0 Å². The number of nitrogens with one attached hydrogen (secondary N) is 2. The molecule has 0 radical (unpaired) electrons. The van der Waals surface area contributed by atoms with Gasteiger partial charge in [-0.2, -0.15) is 0 Å². The van der Waals surface area contributed by atoms with E-state index in [1.54, 1.807) is 14.1 Å². The molecule has 0 aromatic heterocycles. The van der Waals surface area contributed by atoms with Crippen LogP contribution >= 0.6 is 0 Å². The van der Waals surface area contributed by atoms with E-state index in [-0.39, 0.29) is 30.5 Å². The van der Waals surface area contributed by atoms with Gasteiger partial charge in [0.2, 0.25) is 11.8 Å². The summed E-state index contributed by atoms with van der Waals surface area (Å²) in [4.78, 5) is 32.5. The number of hydrogen-bond acceptors (Lipinski definition) is 3. The number of carbonyl (C=O) groups is 2. The monoisotopic (exact) mass is 365 g/mol. The number of amides is 2. The van der Waals surface area contributed by atoms with Crippen LogP contribution < -0.4 is 10.6 Å². The van der Waals surface area contributed by atoms with Crippen LogP contribution in [-0.2, 0) is 9.59 Å². The van der Waals surface area contributed by atoms with Gasteiger partial charge < -0.3 is 20.4 Å². The van der Waals surface area contributed by atoms with Crippen molar-refractivity contribution >= 4 is 17.8 Å². The van der Waals surface area contributed by atoms with Gasteiger partial charge >= 0.3 is 0 Å². The Hall–Kier alpha value is -1.79. The minimum atomic E-state index is -0.0321. The molecule has 1 heterocycles. The van der Waals surface area contributed by atoms with Gasteiger partial charge in [-0.25, -0.2) is 4.99 Å². The van der Waals surface area contributed by atoms with Gasteiger partial charge in [-0.15, -0.1) is 0 Å². The number of hydrogen-bond donors (Lipinski definition) is 2. The van der Waals surface area contributed by atoms with Crippen LogP contribution in [0.4, 0.5) is 0 Å². The third-order valence-corrected chi connectivity index (χ3v) is 5.09. The van der Waals surface area contributed by atoms with E-state index >= 15 is 0 Å². The summed E-state index contributed by atoms with van der Waals surface area (Å²) in [5, 5.41) is 6.68. The second kappa shape index (κ2) is 9.78. The van der Waals surface area contributed by atoms with Crippen LogP contribution in [0, 0.1) is 5.92 Å². The molecule has 2 amide bonds. The summed E-state index contributed by atoms with van der Waals surface area (Å²) in [5.41, 5.74) is 0. The normalized spacial score (nSPS) is 21.8. The zero-order chi connectivity index (χ0) is 19.1. The number of nitrogens with zero attached hydrogens (tertiary/aromatic N) is 3. The average Bonchev–Trinajstić information content (AvgIpc) is 3.07. The van der Waals surface area contributed by atoms with Crippen molar-refractivity contribution in [1.29, 1.82) is 0 Å². The molecule has 1 saturated heterocycles. The van der Waals surface area contributed by atoms with Crippen molar-refractivity contribution < 1.29 is 9.59 Å². The number of carbonyl (C=O) groups excluding carboxylic acids is 2. The summed E-state index contributed by atoms with van der Waals surface area (Å²) in [5.74, 6) is 1.16. The zero-order valence-corrected chi connectivity index (χ0v) is 16.8. The Morgan fingerprint density at radius 2 is 1.85 bits per heavy atom. The molecule has 1 saturated carbocycles. The Bertz CT molecular complexity index is 512. The first-order valence-electron chi connectivity index (χ1n) is 9.93. The minimum Gasteiger partial charge on any atom is -0.354 e. The molecule has 2 N–H and O–H groups in total. The first-order chi connectivity index (χ1) is 12.4. The first kappa shape index (κ1) is 20.5. The molecule has 2 aliphatic rings. The SMILES string of the molecule is CC(C)NC(=NCC(=O)N(C)C)NC1CCN(C(=O)C2CCCCC2)C1. The van der Waals surface area contributed by atoms with E-state index in [2.05, 4.69) is 15.6 Å². The molecule has 0 aromatic rings. The standard InChI is InChI=1S/C19H35N5O2/c1-14(2)21-19(20-12-17(25)23(3)4)22-16-10-11-24(13-16)18(26)15-8-6-5-7-9-15/h14-16H,5-13H2,1-4H3,(H2,20,21,22). The van der Waals surface area contributed by atoms with Crippen molar-refractivity contribution in [1.82, 2.24) is 20.4 Å². The molecule has 7 nitrogen and oxygen atoms in total. The van der Waals surface area contributed by atoms with Gasteiger partial charge in [-0.3, -0.25) is 9.59 Å². The van der Waals surface area contributed by atoms with E-state index in [1.807, 2.05) is 18.7 Å². The maximum Gasteiger partial charge on any atom is 0.243 e. The lowest BCUT2D eigenvalue weighted by molar-refractivity contribution is -0.135. The fraction of sp³-hybridized carbons (Fsp3) is 0.842. The van der Waals surface area contributed by atoms with E-state index in [0.717, 1.165) is 32.4 Å². The van der Waals surface area contributed by atoms with E-state index in [1.165, 1.54) is 24.2 Å². The molecule has 2 fully saturated rings.